The predicted octanol–water partition coefficient (Wildman–Crippen LogP) is 6.11. The molecule has 1 amide bonds. The third kappa shape index (κ3) is 3.12. The van der Waals surface area contributed by atoms with Crippen LogP contribution in [0.5, 0.6) is 0 Å². The Hall–Kier alpha value is -3.73. The first-order valence-electron chi connectivity index (χ1n) is 10.6. The van der Waals surface area contributed by atoms with E-state index in [0.29, 0.717) is 28.1 Å². The molecule has 5 heteroatoms. The number of carbonyl (C=O) groups excluding carboxylic acids is 1. The quantitative estimate of drug-likeness (QED) is 0.396. The van der Waals surface area contributed by atoms with E-state index in [9.17, 15) is 14.0 Å². The molecule has 1 unspecified atom stereocenters. The minimum absolute atomic E-state index is 0.0358. The van der Waals surface area contributed by atoms with Crippen molar-refractivity contribution in [2.45, 2.75) is 32.7 Å². The molecule has 0 radical (unpaired) electrons. The SMILES string of the molecule is Cc1ccc2oc3c(c(=O)c2c1)C(c1ccc(C(C)C)cc1)N(c1ccc(F)cc1)C3=O. The van der Waals surface area contributed by atoms with Gasteiger partial charge in [-0.1, -0.05) is 49.7 Å². The van der Waals surface area contributed by atoms with Gasteiger partial charge in [0, 0.05) is 5.69 Å². The largest absolute Gasteiger partial charge is 0.450 e. The predicted molar refractivity (Wildman–Crippen MR) is 123 cm³/mol. The van der Waals surface area contributed by atoms with Gasteiger partial charge in [0.2, 0.25) is 5.76 Å². The van der Waals surface area contributed by atoms with Gasteiger partial charge in [-0.05, 0) is 60.4 Å². The van der Waals surface area contributed by atoms with Crippen LogP contribution in [0.1, 0.15) is 58.6 Å². The minimum Gasteiger partial charge on any atom is -0.450 e. The van der Waals surface area contributed by atoms with Crippen LogP contribution in [-0.4, -0.2) is 5.91 Å². The molecule has 0 aliphatic carbocycles. The smallest absolute Gasteiger partial charge is 0.295 e. The highest BCUT2D eigenvalue weighted by Gasteiger charge is 2.43. The fourth-order valence-corrected chi connectivity index (χ4v) is 4.33. The second-order valence-electron chi connectivity index (χ2n) is 8.55. The van der Waals surface area contributed by atoms with Crippen LogP contribution in [0.3, 0.4) is 0 Å². The van der Waals surface area contributed by atoms with Crippen molar-refractivity contribution in [3.05, 3.63) is 111 Å². The van der Waals surface area contributed by atoms with Crippen LogP contribution >= 0.6 is 0 Å². The van der Waals surface area contributed by atoms with Crippen molar-refractivity contribution in [3.63, 3.8) is 0 Å². The van der Waals surface area contributed by atoms with E-state index in [-0.39, 0.29) is 11.2 Å². The van der Waals surface area contributed by atoms with E-state index in [1.165, 1.54) is 17.0 Å². The van der Waals surface area contributed by atoms with Gasteiger partial charge >= 0.3 is 0 Å². The highest BCUT2D eigenvalue weighted by molar-refractivity contribution is 6.10. The number of halogens is 1. The van der Waals surface area contributed by atoms with Crippen molar-refractivity contribution >= 4 is 22.6 Å². The van der Waals surface area contributed by atoms with Gasteiger partial charge < -0.3 is 4.42 Å². The summed E-state index contributed by atoms with van der Waals surface area (Å²) < 4.78 is 19.6. The fraction of sp³-hybridized carbons (Fsp3) is 0.185. The Balaban J connectivity index is 1.78. The molecule has 1 atom stereocenters. The molecule has 4 aromatic rings. The van der Waals surface area contributed by atoms with E-state index in [0.717, 1.165) is 16.7 Å². The van der Waals surface area contributed by atoms with E-state index < -0.39 is 17.8 Å². The number of rotatable bonds is 3. The molecule has 1 aliphatic rings. The van der Waals surface area contributed by atoms with E-state index in [2.05, 4.69) is 13.8 Å². The summed E-state index contributed by atoms with van der Waals surface area (Å²) in [7, 11) is 0. The molecule has 3 aromatic carbocycles. The summed E-state index contributed by atoms with van der Waals surface area (Å²) in [5.41, 5.74) is 3.86. The molecule has 32 heavy (non-hydrogen) atoms. The first-order valence-corrected chi connectivity index (χ1v) is 10.6. The lowest BCUT2D eigenvalue weighted by Gasteiger charge is -2.25. The van der Waals surface area contributed by atoms with Gasteiger partial charge in [-0.15, -0.1) is 0 Å². The maximum atomic E-state index is 13.6. The third-order valence-electron chi connectivity index (χ3n) is 6.05. The molecule has 0 saturated carbocycles. The summed E-state index contributed by atoms with van der Waals surface area (Å²) in [6, 6.07) is 18.3. The zero-order valence-electron chi connectivity index (χ0n) is 18.1. The molecule has 0 saturated heterocycles. The van der Waals surface area contributed by atoms with Crippen molar-refractivity contribution < 1.29 is 13.6 Å². The molecule has 0 fully saturated rings. The molecule has 160 valence electrons. The number of amides is 1. The van der Waals surface area contributed by atoms with Crippen LogP contribution < -0.4 is 10.3 Å². The van der Waals surface area contributed by atoms with Crippen LogP contribution in [0.25, 0.3) is 11.0 Å². The highest BCUT2D eigenvalue weighted by atomic mass is 19.1. The van der Waals surface area contributed by atoms with Crippen LogP contribution in [0.4, 0.5) is 10.1 Å². The number of benzene rings is 3. The fourth-order valence-electron chi connectivity index (χ4n) is 4.33. The first-order chi connectivity index (χ1) is 15.3. The summed E-state index contributed by atoms with van der Waals surface area (Å²) in [6.07, 6.45) is 0. The Morgan fingerprint density at radius 3 is 2.28 bits per heavy atom. The summed E-state index contributed by atoms with van der Waals surface area (Å²) in [5, 5.41) is 0.446. The number of anilines is 1. The average molecular weight is 427 g/mol. The summed E-state index contributed by atoms with van der Waals surface area (Å²) in [4.78, 5) is 28.6. The Bertz CT molecular complexity index is 1400. The second kappa shape index (κ2) is 7.45. The van der Waals surface area contributed by atoms with Gasteiger partial charge in [-0.25, -0.2) is 4.39 Å². The number of fused-ring (bicyclic) bond motifs is 2. The Morgan fingerprint density at radius 1 is 0.938 bits per heavy atom. The van der Waals surface area contributed by atoms with Crippen molar-refractivity contribution in [1.82, 2.24) is 0 Å². The van der Waals surface area contributed by atoms with Crippen molar-refractivity contribution in [2.75, 3.05) is 4.90 Å². The number of hydrogen-bond acceptors (Lipinski definition) is 3. The van der Waals surface area contributed by atoms with Gasteiger partial charge in [0.1, 0.15) is 11.4 Å². The maximum absolute atomic E-state index is 13.6. The second-order valence-corrected chi connectivity index (χ2v) is 8.55. The van der Waals surface area contributed by atoms with Gasteiger partial charge in [-0.2, -0.15) is 0 Å². The number of carbonyl (C=O) groups is 1. The van der Waals surface area contributed by atoms with Crippen LogP contribution in [-0.2, 0) is 0 Å². The molecule has 0 N–H and O–H groups in total. The summed E-state index contributed by atoms with van der Waals surface area (Å²) in [6.45, 7) is 6.12. The van der Waals surface area contributed by atoms with Gasteiger partial charge in [0.25, 0.3) is 5.91 Å². The Kier molecular flexibility index (Phi) is 4.70. The molecule has 5 rings (SSSR count). The Morgan fingerprint density at radius 2 is 1.62 bits per heavy atom. The molecule has 2 heterocycles. The molecular weight excluding hydrogens is 405 g/mol. The van der Waals surface area contributed by atoms with Gasteiger partial charge in [0.15, 0.2) is 5.43 Å². The first kappa shape index (κ1) is 20.2. The number of hydrogen-bond donors (Lipinski definition) is 0. The number of aryl methyl sites for hydroxylation is 1. The van der Waals surface area contributed by atoms with Crippen LogP contribution in [0.15, 0.2) is 75.9 Å². The van der Waals surface area contributed by atoms with Crippen molar-refractivity contribution in [1.29, 1.82) is 0 Å². The standard InChI is InChI=1S/C27H22FNO3/c1-15(2)17-5-7-18(8-6-17)24-23-25(30)21-14-16(3)4-13-22(21)32-26(23)27(31)29(24)20-11-9-19(28)10-12-20/h4-15,24H,1-3H3. The molecule has 1 aromatic heterocycles. The zero-order valence-corrected chi connectivity index (χ0v) is 18.1. The highest BCUT2D eigenvalue weighted by Crippen LogP contribution is 2.41. The van der Waals surface area contributed by atoms with Crippen molar-refractivity contribution in [2.24, 2.45) is 0 Å². The van der Waals surface area contributed by atoms with E-state index in [1.54, 1.807) is 24.3 Å². The lowest BCUT2D eigenvalue weighted by molar-refractivity contribution is 0.0971. The molecule has 1 aliphatic heterocycles. The zero-order chi connectivity index (χ0) is 22.6. The lowest BCUT2D eigenvalue weighted by Crippen LogP contribution is -2.29. The normalized spacial score (nSPS) is 15.6. The molecule has 0 spiro atoms. The summed E-state index contributed by atoms with van der Waals surface area (Å²) >= 11 is 0. The van der Waals surface area contributed by atoms with Crippen molar-refractivity contribution in [3.8, 4) is 0 Å². The maximum Gasteiger partial charge on any atom is 0.295 e. The minimum atomic E-state index is -0.662. The van der Waals surface area contributed by atoms with E-state index in [1.807, 2.05) is 37.3 Å². The van der Waals surface area contributed by atoms with E-state index >= 15 is 0 Å². The van der Waals surface area contributed by atoms with Gasteiger partial charge in [-0.3, -0.25) is 14.5 Å². The summed E-state index contributed by atoms with van der Waals surface area (Å²) in [5.74, 6) is -0.421. The van der Waals surface area contributed by atoms with E-state index in [4.69, 9.17) is 4.42 Å². The van der Waals surface area contributed by atoms with Gasteiger partial charge in [0.05, 0.1) is 17.0 Å². The topological polar surface area (TPSA) is 50.5 Å². The monoisotopic (exact) mass is 427 g/mol. The lowest BCUT2D eigenvalue weighted by atomic mass is 9.95. The molecule has 4 nitrogen and oxygen atoms in total. The van der Waals surface area contributed by atoms with Crippen LogP contribution in [0, 0.1) is 12.7 Å². The van der Waals surface area contributed by atoms with Crippen LogP contribution in [0.2, 0.25) is 0 Å². The Labute approximate surface area is 184 Å². The molecular formula is C27H22FNO3. The third-order valence-corrected chi connectivity index (χ3v) is 6.05. The number of nitrogens with zero attached hydrogens (tertiary/aromatic N) is 1. The average Bonchev–Trinajstić information content (AvgIpc) is 3.07. The molecule has 0 bridgehead atoms.